The molecule has 1 aromatic carbocycles. The van der Waals surface area contributed by atoms with E-state index in [1.807, 2.05) is 0 Å². The first-order chi connectivity index (χ1) is 6.22. The van der Waals surface area contributed by atoms with Crippen LogP contribution < -0.4 is 0 Å². The molecule has 0 bridgehead atoms. The summed E-state index contributed by atoms with van der Waals surface area (Å²) in [4.78, 5) is 0. The maximum atomic E-state index is 3.84. The van der Waals surface area contributed by atoms with E-state index in [0.717, 1.165) is 11.8 Å². The molecule has 0 aromatic heterocycles. The van der Waals surface area contributed by atoms with Crippen LogP contribution in [0.2, 0.25) is 0 Å². The van der Waals surface area contributed by atoms with Gasteiger partial charge in [0.2, 0.25) is 0 Å². The van der Waals surface area contributed by atoms with Crippen LogP contribution in [0.5, 0.6) is 0 Å². The summed E-state index contributed by atoms with van der Waals surface area (Å²) in [7, 11) is 0. The Kier molecular flexibility index (Phi) is 1.99. The molecular formula is C13H16. The highest BCUT2D eigenvalue weighted by Crippen LogP contribution is 2.48. The Bertz CT molecular complexity index is 336. The molecule has 13 heavy (non-hydrogen) atoms. The Balaban J connectivity index is 2.23. The van der Waals surface area contributed by atoms with Crippen LogP contribution in [-0.2, 0) is 0 Å². The molecule has 0 heterocycles. The van der Waals surface area contributed by atoms with Crippen molar-refractivity contribution in [1.82, 2.24) is 0 Å². The third kappa shape index (κ3) is 1.53. The van der Waals surface area contributed by atoms with E-state index in [0.29, 0.717) is 0 Å². The van der Waals surface area contributed by atoms with Crippen molar-refractivity contribution >= 4 is 0 Å². The van der Waals surface area contributed by atoms with Gasteiger partial charge in [-0.2, -0.15) is 0 Å². The van der Waals surface area contributed by atoms with Crippen molar-refractivity contribution in [3.8, 4) is 0 Å². The van der Waals surface area contributed by atoms with Gasteiger partial charge in [-0.3, -0.25) is 0 Å². The smallest absolute Gasteiger partial charge is 0.00930 e. The summed E-state index contributed by atoms with van der Waals surface area (Å²) < 4.78 is 0. The van der Waals surface area contributed by atoms with Crippen molar-refractivity contribution in [3.05, 3.63) is 47.5 Å². The molecule has 0 spiro atoms. The maximum absolute atomic E-state index is 3.84. The lowest BCUT2D eigenvalue weighted by molar-refractivity contribution is 1.01. The molecule has 2 rings (SSSR count). The van der Waals surface area contributed by atoms with Crippen LogP contribution >= 0.6 is 0 Å². The second-order valence-electron chi connectivity index (χ2n) is 4.09. The number of hydrogen-bond acceptors (Lipinski definition) is 0. The summed E-state index contributed by atoms with van der Waals surface area (Å²) in [6.45, 7) is 8.19. The molecule has 0 amide bonds. The fourth-order valence-electron chi connectivity index (χ4n) is 1.85. The third-order valence-corrected chi connectivity index (χ3v) is 3.10. The highest BCUT2D eigenvalue weighted by atomic mass is 14.4. The van der Waals surface area contributed by atoms with E-state index in [9.17, 15) is 0 Å². The molecular weight excluding hydrogens is 156 g/mol. The third-order valence-electron chi connectivity index (χ3n) is 3.10. The van der Waals surface area contributed by atoms with Gasteiger partial charge < -0.3 is 0 Å². The van der Waals surface area contributed by atoms with E-state index in [2.05, 4.69) is 44.7 Å². The van der Waals surface area contributed by atoms with Crippen LogP contribution in [0.25, 0.3) is 0 Å². The molecule has 1 fully saturated rings. The van der Waals surface area contributed by atoms with Gasteiger partial charge in [-0.15, -0.1) is 6.58 Å². The first kappa shape index (κ1) is 8.55. The van der Waals surface area contributed by atoms with Gasteiger partial charge in [0.25, 0.3) is 0 Å². The van der Waals surface area contributed by atoms with Crippen LogP contribution in [0.3, 0.4) is 0 Å². The van der Waals surface area contributed by atoms with Crippen molar-refractivity contribution in [2.75, 3.05) is 0 Å². The molecule has 1 aliphatic carbocycles. The lowest BCUT2D eigenvalue weighted by atomic mass is 10.0. The summed E-state index contributed by atoms with van der Waals surface area (Å²) >= 11 is 0. The Morgan fingerprint density at radius 2 is 2.08 bits per heavy atom. The number of aryl methyl sites for hydroxylation is 2. The average molecular weight is 172 g/mol. The molecule has 0 aliphatic heterocycles. The monoisotopic (exact) mass is 172 g/mol. The Morgan fingerprint density at radius 3 is 2.62 bits per heavy atom. The minimum atomic E-state index is 0.738. The van der Waals surface area contributed by atoms with E-state index < -0.39 is 0 Å². The van der Waals surface area contributed by atoms with E-state index in [-0.39, 0.29) is 0 Å². The minimum Gasteiger partial charge on any atom is -0.103 e. The number of allylic oxidation sites excluding steroid dienone is 1. The number of rotatable bonds is 2. The maximum Gasteiger partial charge on any atom is -0.00930 e. The molecule has 0 saturated heterocycles. The molecule has 1 aromatic rings. The standard InChI is InChI=1S/C13H16/c1-4-11-8-13(11)12-6-5-9(2)10(3)7-12/h4-7,11,13H,1,8H2,2-3H3/t11-,13-/m0/s1. The first-order valence-corrected chi connectivity index (χ1v) is 4.92. The van der Waals surface area contributed by atoms with Crippen LogP contribution in [0.15, 0.2) is 30.9 Å². The fourth-order valence-corrected chi connectivity index (χ4v) is 1.85. The normalized spacial score (nSPS) is 25.7. The zero-order chi connectivity index (χ0) is 9.42. The van der Waals surface area contributed by atoms with E-state index in [1.165, 1.54) is 23.1 Å². The Morgan fingerprint density at radius 1 is 1.31 bits per heavy atom. The van der Waals surface area contributed by atoms with Gasteiger partial charge in [0.1, 0.15) is 0 Å². The summed E-state index contributed by atoms with van der Waals surface area (Å²) in [5.41, 5.74) is 4.29. The van der Waals surface area contributed by atoms with E-state index >= 15 is 0 Å². The van der Waals surface area contributed by atoms with Crippen molar-refractivity contribution in [2.24, 2.45) is 5.92 Å². The molecule has 68 valence electrons. The number of benzene rings is 1. The summed E-state index contributed by atoms with van der Waals surface area (Å²) in [5.74, 6) is 1.50. The molecule has 1 aliphatic rings. The predicted octanol–water partition coefficient (Wildman–Crippen LogP) is 3.59. The number of hydrogen-bond donors (Lipinski definition) is 0. The summed E-state index contributed by atoms with van der Waals surface area (Å²) in [6.07, 6.45) is 3.38. The van der Waals surface area contributed by atoms with Gasteiger partial charge in [0.05, 0.1) is 0 Å². The zero-order valence-electron chi connectivity index (χ0n) is 8.38. The highest BCUT2D eigenvalue weighted by Gasteiger charge is 2.35. The van der Waals surface area contributed by atoms with Gasteiger partial charge >= 0.3 is 0 Å². The van der Waals surface area contributed by atoms with Gasteiger partial charge in [0, 0.05) is 0 Å². The van der Waals surface area contributed by atoms with Crippen molar-refractivity contribution in [2.45, 2.75) is 26.2 Å². The first-order valence-electron chi connectivity index (χ1n) is 4.92. The average Bonchev–Trinajstić information content (AvgIpc) is 2.88. The predicted molar refractivity (Wildman–Crippen MR) is 57.0 cm³/mol. The molecule has 0 unspecified atom stereocenters. The molecule has 2 atom stereocenters. The van der Waals surface area contributed by atoms with Gasteiger partial charge in [-0.1, -0.05) is 24.3 Å². The topological polar surface area (TPSA) is 0 Å². The van der Waals surface area contributed by atoms with Gasteiger partial charge in [-0.05, 0) is 48.8 Å². The summed E-state index contributed by atoms with van der Waals surface area (Å²) in [6, 6.07) is 6.81. The van der Waals surface area contributed by atoms with Gasteiger partial charge in [0.15, 0.2) is 0 Å². The van der Waals surface area contributed by atoms with Crippen LogP contribution in [0.4, 0.5) is 0 Å². The minimum absolute atomic E-state index is 0.738. The summed E-state index contributed by atoms with van der Waals surface area (Å²) in [5, 5.41) is 0. The van der Waals surface area contributed by atoms with Crippen LogP contribution in [0.1, 0.15) is 29.0 Å². The second-order valence-corrected chi connectivity index (χ2v) is 4.09. The van der Waals surface area contributed by atoms with Crippen molar-refractivity contribution in [3.63, 3.8) is 0 Å². The lowest BCUT2D eigenvalue weighted by Crippen LogP contribution is -1.86. The molecule has 1 saturated carbocycles. The van der Waals surface area contributed by atoms with E-state index in [1.54, 1.807) is 0 Å². The SMILES string of the molecule is C=C[C@H]1C[C@@H]1c1ccc(C)c(C)c1. The molecule has 0 N–H and O–H groups in total. The Labute approximate surface area is 80.3 Å². The fraction of sp³-hybridized carbons (Fsp3) is 0.385. The molecule has 0 heteroatoms. The van der Waals surface area contributed by atoms with Crippen LogP contribution in [-0.4, -0.2) is 0 Å². The van der Waals surface area contributed by atoms with Gasteiger partial charge in [-0.25, -0.2) is 0 Å². The highest BCUT2D eigenvalue weighted by molar-refractivity contribution is 5.35. The zero-order valence-corrected chi connectivity index (χ0v) is 8.38. The van der Waals surface area contributed by atoms with E-state index in [4.69, 9.17) is 0 Å². The molecule has 0 nitrogen and oxygen atoms in total. The lowest BCUT2D eigenvalue weighted by Gasteiger charge is -2.03. The second kappa shape index (κ2) is 3.02. The van der Waals surface area contributed by atoms with Crippen molar-refractivity contribution in [1.29, 1.82) is 0 Å². The van der Waals surface area contributed by atoms with Crippen LogP contribution in [0, 0.1) is 19.8 Å². The molecule has 0 radical (unpaired) electrons. The quantitative estimate of drug-likeness (QED) is 0.598. The van der Waals surface area contributed by atoms with Crippen molar-refractivity contribution < 1.29 is 0 Å². The largest absolute Gasteiger partial charge is 0.103 e. The Hall–Kier alpha value is -1.04.